The maximum Gasteiger partial charge on any atom is 0.119 e. The van der Waals surface area contributed by atoms with E-state index in [2.05, 4.69) is 12.2 Å². The number of benzene rings is 1. The Balaban J connectivity index is 1.96. The summed E-state index contributed by atoms with van der Waals surface area (Å²) in [7, 11) is 0. The Morgan fingerprint density at radius 1 is 1.25 bits per heavy atom. The summed E-state index contributed by atoms with van der Waals surface area (Å²) >= 11 is 0. The van der Waals surface area contributed by atoms with Crippen molar-refractivity contribution in [3.05, 3.63) is 29.8 Å². The standard InChI is InChI=1S/C16H25NO3/c1-2-9-17-16(11-19,14-5-6-14)12-20-15-7-3-13(10-18)4-8-15/h3-4,7-8,14,17-19H,2,5-6,9-12H2,1H3. The Hall–Kier alpha value is -1.10. The van der Waals surface area contributed by atoms with Gasteiger partial charge in [-0.3, -0.25) is 0 Å². The van der Waals surface area contributed by atoms with Gasteiger partial charge in [-0.25, -0.2) is 0 Å². The highest BCUT2D eigenvalue weighted by molar-refractivity contribution is 5.27. The minimum atomic E-state index is -0.314. The number of aliphatic hydroxyl groups is 2. The van der Waals surface area contributed by atoms with Gasteiger partial charge in [-0.2, -0.15) is 0 Å². The van der Waals surface area contributed by atoms with E-state index in [0.717, 1.165) is 37.1 Å². The summed E-state index contributed by atoms with van der Waals surface area (Å²) in [6, 6.07) is 7.43. The first-order valence-corrected chi connectivity index (χ1v) is 7.42. The molecule has 4 nitrogen and oxygen atoms in total. The van der Waals surface area contributed by atoms with E-state index >= 15 is 0 Å². The Bertz CT molecular complexity index is 403. The Morgan fingerprint density at radius 2 is 1.95 bits per heavy atom. The van der Waals surface area contributed by atoms with Gasteiger partial charge in [0.25, 0.3) is 0 Å². The zero-order chi connectivity index (χ0) is 14.4. The average molecular weight is 279 g/mol. The third-order valence-corrected chi connectivity index (χ3v) is 3.97. The van der Waals surface area contributed by atoms with Crippen molar-refractivity contribution in [2.45, 2.75) is 38.3 Å². The summed E-state index contributed by atoms with van der Waals surface area (Å²) in [4.78, 5) is 0. The molecule has 1 aromatic carbocycles. The molecule has 0 bridgehead atoms. The fourth-order valence-corrected chi connectivity index (χ4v) is 2.46. The molecule has 0 saturated heterocycles. The Labute approximate surface area is 120 Å². The van der Waals surface area contributed by atoms with Gasteiger partial charge in [-0.1, -0.05) is 19.1 Å². The van der Waals surface area contributed by atoms with E-state index in [1.807, 2.05) is 24.3 Å². The first-order chi connectivity index (χ1) is 9.74. The van der Waals surface area contributed by atoms with Crippen molar-refractivity contribution in [2.24, 2.45) is 5.92 Å². The van der Waals surface area contributed by atoms with Crippen LogP contribution in [-0.2, 0) is 6.61 Å². The van der Waals surface area contributed by atoms with Crippen molar-refractivity contribution in [1.29, 1.82) is 0 Å². The van der Waals surface area contributed by atoms with Crippen molar-refractivity contribution in [3.63, 3.8) is 0 Å². The molecule has 1 aromatic rings. The van der Waals surface area contributed by atoms with Crippen LogP contribution in [0.25, 0.3) is 0 Å². The van der Waals surface area contributed by atoms with Crippen LogP contribution >= 0.6 is 0 Å². The summed E-state index contributed by atoms with van der Waals surface area (Å²) in [5.41, 5.74) is 0.558. The fourth-order valence-electron chi connectivity index (χ4n) is 2.46. The van der Waals surface area contributed by atoms with Crippen LogP contribution in [0.5, 0.6) is 5.75 Å². The maximum atomic E-state index is 9.80. The molecule has 4 heteroatoms. The predicted octanol–water partition coefficient (Wildman–Crippen LogP) is 1.70. The minimum absolute atomic E-state index is 0.0426. The molecular formula is C16H25NO3. The van der Waals surface area contributed by atoms with Crippen molar-refractivity contribution >= 4 is 0 Å². The van der Waals surface area contributed by atoms with Crippen LogP contribution in [0.1, 0.15) is 31.7 Å². The van der Waals surface area contributed by atoms with Crippen LogP contribution < -0.4 is 10.1 Å². The highest BCUT2D eigenvalue weighted by Gasteiger charge is 2.45. The molecule has 1 atom stereocenters. The van der Waals surface area contributed by atoms with Crippen LogP contribution in [0.15, 0.2) is 24.3 Å². The summed E-state index contributed by atoms with van der Waals surface area (Å²) in [5, 5.41) is 22.3. The lowest BCUT2D eigenvalue weighted by Crippen LogP contribution is -2.55. The monoisotopic (exact) mass is 279 g/mol. The van der Waals surface area contributed by atoms with E-state index in [1.165, 1.54) is 0 Å². The molecule has 1 aliphatic carbocycles. The maximum absolute atomic E-state index is 9.80. The number of rotatable bonds is 9. The van der Waals surface area contributed by atoms with Gasteiger partial charge >= 0.3 is 0 Å². The highest BCUT2D eigenvalue weighted by Crippen LogP contribution is 2.40. The average Bonchev–Trinajstić information content (AvgIpc) is 3.34. The van der Waals surface area contributed by atoms with Crippen LogP contribution in [0, 0.1) is 5.92 Å². The second-order valence-electron chi connectivity index (χ2n) is 5.61. The van der Waals surface area contributed by atoms with Crippen molar-refractivity contribution in [1.82, 2.24) is 5.32 Å². The summed E-state index contributed by atoms with van der Waals surface area (Å²) in [6.45, 7) is 3.64. The second-order valence-corrected chi connectivity index (χ2v) is 5.61. The van der Waals surface area contributed by atoms with Crippen LogP contribution in [0.4, 0.5) is 0 Å². The van der Waals surface area contributed by atoms with Gasteiger partial charge in [0, 0.05) is 0 Å². The van der Waals surface area contributed by atoms with Gasteiger partial charge in [0.2, 0.25) is 0 Å². The second kappa shape index (κ2) is 7.07. The molecule has 3 N–H and O–H groups in total. The van der Waals surface area contributed by atoms with Gasteiger partial charge in [-0.05, 0) is 49.4 Å². The molecule has 1 aliphatic rings. The Morgan fingerprint density at radius 3 is 2.45 bits per heavy atom. The molecule has 1 saturated carbocycles. The van der Waals surface area contributed by atoms with Crippen molar-refractivity contribution in [2.75, 3.05) is 19.8 Å². The fraction of sp³-hybridized carbons (Fsp3) is 0.625. The van der Waals surface area contributed by atoms with Crippen LogP contribution in [0.2, 0.25) is 0 Å². The summed E-state index contributed by atoms with van der Waals surface area (Å²) in [5.74, 6) is 1.29. The van der Waals surface area contributed by atoms with Crippen LogP contribution in [-0.4, -0.2) is 35.5 Å². The van der Waals surface area contributed by atoms with E-state index in [1.54, 1.807) is 0 Å². The van der Waals surface area contributed by atoms with Gasteiger partial charge in [0.15, 0.2) is 0 Å². The van der Waals surface area contributed by atoms with E-state index in [9.17, 15) is 5.11 Å². The molecule has 1 fully saturated rings. The molecule has 0 heterocycles. The number of nitrogens with one attached hydrogen (secondary N) is 1. The van der Waals surface area contributed by atoms with Gasteiger partial charge in [0.05, 0.1) is 18.8 Å². The molecule has 1 unspecified atom stereocenters. The number of ether oxygens (including phenoxy) is 1. The van der Waals surface area contributed by atoms with E-state index in [-0.39, 0.29) is 18.8 Å². The van der Waals surface area contributed by atoms with Gasteiger partial charge in [0.1, 0.15) is 12.4 Å². The lowest BCUT2D eigenvalue weighted by Gasteiger charge is -2.33. The van der Waals surface area contributed by atoms with Crippen molar-refractivity contribution in [3.8, 4) is 5.75 Å². The number of hydrogen-bond acceptors (Lipinski definition) is 4. The first-order valence-electron chi connectivity index (χ1n) is 7.42. The number of hydrogen-bond donors (Lipinski definition) is 3. The topological polar surface area (TPSA) is 61.7 Å². The molecule has 0 aliphatic heterocycles. The molecular weight excluding hydrogens is 254 g/mol. The highest BCUT2D eigenvalue weighted by atomic mass is 16.5. The van der Waals surface area contributed by atoms with E-state index < -0.39 is 0 Å². The zero-order valence-electron chi connectivity index (χ0n) is 12.1. The van der Waals surface area contributed by atoms with E-state index in [4.69, 9.17) is 9.84 Å². The smallest absolute Gasteiger partial charge is 0.119 e. The first kappa shape index (κ1) is 15.3. The third kappa shape index (κ3) is 3.72. The van der Waals surface area contributed by atoms with E-state index in [0.29, 0.717) is 12.5 Å². The molecule has 0 aromatic heterocycles. The van der Waals surface area contributed by atoms with Gasteiger partial charge < -0.3 is 20.3 Å². The number of aliphatic hydroxyl groups excluding tert-OH is 2. The zero-order valence-corrected chi connectivity index (χ0v) is 12.1. The quantitative estimate of drug-likeness (QED) is 0.644. The largest absolute Gasteiger partial charge is 0.492 e. The molecule has 0 amide bonds. The lowest BCUT2D eigenvalue weighted by molar-refractivity contribution is 0.0851. The Kier molecular flexibility index (Phi) is 5.40. The summed E-state index contributed by atoms with van der Waals surface area (Å²) < 4.78 is 5.86. The lowest BCUT2D eigenvalue weighted by atomic mass is 9.95. The van der Waals surface area contributed by atoms with Crippen LogP contribution in [0.3, 0.4) is 0 Å². The normalized spacial score (nSPS) is 17.8. The summed E-state index contributed by atoms with van der Waals surface area (Å²) in [6.07, 6.45) is 3.35. The third-order valence-electron chi connectivity index (χ3n) is 3.97. The molecule has 112 valence electrons. The predicted molar refractivity (Wildman–Crippen MR) is 78.7 cm³/mol. The van der Waals surface area contributed by atoms with Gasteiger partial charge in [-0.15, -0.1) is 0 Å². The molecule has 0 radical (unpaired) electrons. The van der Waals surface area contributed by atoms with Crippen molar-refractivity contribution < 1.29 is 14.9 Å². The molecule has 0 spiro atoms. The molecule has 2 rings (SSSR count). The SMILES string of the molecule is CCCNC(CO)(COc1ccc(CO)cc1)C1CC1. The minimum Gasteiger partial charge on any atom is -0.492 e. The molecule has 20 heavy (non-hydrogen) atoms.